The van der Waals surface area contributed by atoms with E-state index in [1.54, 1.807) is 0 Å². The molecule has 0 saturated carbocycles. The normalized spacial score (nSPS) is 10.7. The molecule has 0 atom stereocenters. The minimum atomic E-state index is -2.82. The lowest BCUT2D eigenvalue weighted by Crippen LogP contribution is -2.06. The predicted molar refractivity (Wildman–Crippen MR) is 38.7 cm³/mol. The maximum atomic E-state index is 12.0. The van der Waals surface area contributed by atoms with E-state index in [2.05, 4.69) is 0 Å². The van der Waals surface area contributed by atoms with Crippen molar-refractivity contribution in [2.24, 2.45) is 0 Å². The first-order valence-corrected chi connectivity index (χ1v) is 3.30. The first-order valence-electron chi connectivity index (χ1n) is 2.92. The molecule has 0 unspecified atom stereocenters. The fraction of sp³-hybridized carbons (Fsp3) is 0.167. The van der Waals surface area contributed by atoms with Gasteiger partial charge in [0.25, 0.3) is 12.0 Å². The van der Waals surface area contributed by atoms with Gasteiger partial charge in [-0.3, -0.25) is 4.79 Å². The summed E-state index contributed by atoms with van der Waals surface area (Å²) in [5.74, 6) is -0.880. The van der Waals surface area contributed by atoms with Crippen LogP contribution in [0.5, 0.6) is 5.75 Å². The third kappa shape index (κ3) is 1.40. The summed E-state index contributed by atoms with van der Waals surface area (Å²) in [7, 11) is 0. The number of alkyl halides is 2. The number of hydrogen-bond acceptors (Lipinski definition) is 2. The Morgan fingerprint density at radius 2 is 2.17 bits per heavy atom. The van der Waals surface area contributed by atoms with Crippen LogP contribution in [-0.4, -0.2) is 10.1 Å². The van der Waals surface area contributed by atoms with Crippen molar-refractivity contribution < 1.29 is 13.9 Å². The Kier molecular flexibility index (Phi) is 2.32. The van der Waals surface area contributed by atoms with Crippen LogP contribution in [0.25, 0.3) is 0 Å². The van der Waals surface area contributed by atoms with Crippen LogP contribution in [0.2, 0.25) is 5.02 Å². The number of nitrogens with one attached hydrogen (secondary N) is 1. The number of rotatable bonds is 1. The SMILES string of the molecule is O=c1[nH]cc(C(F)F)c(Cl)c1O. The third-order valence-corrected chi connectivity index (χ3v) is 1.67. The number of hydrogen-bond donors (Lipinski definition) is 2. The van der Waals surface area contributed by atoms with Crippen molar-refractivity contribution in [3.63, 3.8) is 0 Å². The van der Waals surface area contributed by atoms with Crippen molar-refractivity contribution in [2.75, 3.05) is 0 Å². The molecule has 0 bridgehead atoms. The van der Waals surface area contributed by atoms with Gasteiger partial charge in [0.1, 0.15) is 0 Å². The molecule has 12 heavy (non-hydrogen) atoms. The molecule has 0 fully saturated rings. The molecule has 6 heteroatoms. The zero-order chi connectivity index (χ0) is 9.30. The molecule has 1 heterocycles. The molecule has 0 spiro atoms. The van der Waals surface area contributed by atoms with Crippen LogP contribution in [-0.2, 0) is 0 Å². The van der Waals surface area contributed by atoms with E-state index in [1.165, 1.54) is 0 Å². The Balaban J connectivity index is 3.36. The van der Waals surface area contributed by atoms with Crippen LogP contribution in [0.3, 0.4) is 0 Å². The van der Waals surface area contributed by atoms with E-state index < -0.39 is 28.3 Å². The summed E-state index contributed by atoms with van der Waals surface area (Å²) in [5, 5.41) is 8.22. The van der Waals surface area contributed by atoms with Gasteiger partial charge in [0.2, 0.25) is 5.75 Å². The second kappa shape index (κ2) is 3.10. The summed E-state index contributed by atoms with van der Waals surface area (Å²) < 4.78 is 24.0. The molecule has 3 nitrogen and oxygen atoms in total. The van der Waals surface area contributed by atoms with Crippen molar-refractivity contribution in [3.8, 4) is 5.75 Å². The zero-order valence-electron chi connectivity index (χ0n) is 5.64. The highest BCUT2D eigenvalue weighted by Crippen LogP contribution is 2.29. The quantitative estimate of drug-likeness (QED) is 0.716. The Bertz CT molecular complexity index is 350. The van der Waals surface area contributed by atoms with Gasteiger partial charge in [-0.15, -0.1) is 0 Å². The maximum Gasteiger partial charge on any atom is 0.291 e. The summed E-state index contributed by atoms with van der Waals surface area (Å²) in [6, 6.07) is 0. The van der Waals surface area contributed by atoms with Gasteiger partial charge in [-0.1, -0.05) is 11.6 Å². The number of aromatic nitrogens is 1. The molecule has 0 radical (unpaired) electrons. The molecular formula is C6H4ClF2NO2. The van der Waals surface area contributed by atoms with Crippen LogP contribution >= 0.6 is 11.6 Å². The van der Waals surface area contributed by atoms with Crippen molar-refractivity contribution >= 4 is 11.6 Å². The van der Waals surface area contributed by atoms with Gasteiger partial charge >= 0.3 is 0 Å². The average molecular weight is 196 g/mol. The Labute approximate surface area is 70.6 Å². The first-order chi connectivity index (χ1) is 5.54. The van der Waals surface area contributed by atoms with Gasteiger partial charge in [0, 0.05) is 6.20 Å². The van der Waals surface area contributed by atoms with Gasteiger partial charge in [-0.05, 0) is 0 Å². The first kappa shape index (κ1) is 8.99. The highest BCUT2D eigenvalue weighted by Gasteiger charge is 2.16. The molecule has 0 aliphatic heterocycles. The van der Waals surface area contributed by atoms with Crippen molar-refractivity contribution in [2.45, 2.75) is 6.43 Å². The third-order valence-electron chi connectivity index (χ3n) is 1.27. The topological polar surface area (TPSA) is 53.1 Å². The van der Waals surface area contributed by atoms with Crippen molar-refractivity contribution in [1.82, 2.24) is 4.98 Å². The van der Waals surface area contributed by atoms with Gasteiger partial charge < -0.3 is 10.1 Å². The van der Waals surface area contributed by atoms with E-state index >= 15 is 0 Å². The maximum absolute atomic E-state index is 12.0. The molecule has 0 aliphatic carbocycles. The zero-order valence-corrected chi connectivity index (χ0v) is 6.40. The highest BCUT2D eigenvalue weighted by molar-refractivity contribution is 6.32. The lowest BCUT2D eigenvalue weighted by molar-refractivity contribution is 0.150. The molecule has 0 amide bonds. The molecule has 66 valence electrons. The second-order valence-corrected chi connectivity index (χ2v) is 2.41. The Morgan fingerprint density at radius 1 is 1.58 bits per heavy atom. The largest absolute Gasteiger partial charge is 0.502 e. The minimum absolute atomic E-state index is 0.589. The van der Waals surface area contributed by atoms with Gasteiger partial charge in [0.05, 0.1) is 10.6 Å². The lowest BCUT2D eigenvalue weighted by atomic mass is 10.3. The summed E-state index contributed by atoms with van der Waals surface area (Å²) in [6.45, 7) is 0. The summed E-state index contributed by atoms with van der Waals surface area (Å²) in [6.07, 6.45) is -2.05. The molecule has 0 aromatic carbocycles. The second-order valence-electron chi connectivity index (χ2n) is 2.04. The average Bonchev–Trinajstić information content (AvgIpc) is 2.00. The standard InChI is InChI=1S/C6H4ClF2NO2/c7-3-2(5(8)9)1-10-6(12)4(3)11/h1,5,11H,(H,10,12). The number of H-pyrrole nitrogens is 1. The van der Waals surface area contributed by atoms with Crippen LogP contribution in [0.15, 0.2) is 11.0 Å². The lowest BCUT2D eigenvalue weighted by Gasteiger charge is -2.02. The van der Waals surface area contributed by atoms with E-state index in [0.717, 1.165) is 6.20 Å². The minimum Gasteiger partial charge on any atom is -0.502 e. The van der Waals surface area contributed by atoms with E-state index in [4.69, 9.17) is 16.7 Å². The van der Waals surface area contributed by atoms with E-state index in [9.17, 15) is 13.6 Å². The molecule has 2 N–H and O–H groups in total. The molecule has 1 rings (SSSR count). The van der Waals surface area contributed by atoms with Crippen LogP contribution in [0.1, 0.15) is 12.0 Å². The Morgan fingerprint density at radius 3 is 2.67 bits per heavy atom. The van der Waals surface area contributed by atoms with E-state index in [-0.39, 0.29) is 0 Å². The fourth-order valence-electron chi connectivity index (χ4n) is 0.670. The van der Waals surface area contributed by atoms with Gasteiger partial charge in [-0.25, -0.2) is 8.78 Å². The van der Waals surface area contributed by atoms with Crippen LogP contribution in [0, 0.1) is 0 Å². The van der Waals surface area contributed by atoms with Crippen LogP contribution < -0.4 is 5.56 Å². The van der Waals surface area contributed by atoms with E-state index in [1.807, 2.05) is 4.98 Å². The molecule has 0 aliphatic rings. The van der Waals surface area contributed by atoms with Gasteiger partial charge in [0.15, 0.2) is 0 Å². The monoisotopic (exact) mass is 195 g/mol. The smallest absolute Gasteiger partial charge is 0.291 e. The van der Waals surface area contributed by atoms with Crippen LogP contribution in [0.4, 0.5) is 8.78 Å². The highest BCUT2D eigenvalue weighted by atomic mass is 35.5. The Hall–Kier alpha value is -1.10. The van der Waals surface area contributed by atoms with E-state index in [0.29, 0.717) is 0 Å². The number of pyridine rings is 1. The predicted octanol–water partition coefficient (Wildman–Crippen LogP) is 1.67. The number of halogens is 3. The molecule has 0 saturated heterocycles. The summed E-state index contributed by atoms with van der Waals surface area (Å²) >= 11 is 5.24. The number of aromatic hydroxyl groups is 1. The molecule has 1 aromatic heterocycles. The van der Waals surface area contributed by atoms with Crippen molar-refractivity contribution in [3.05, 3.63) is 27.1 Å². The van der Waals surface area contributed by atoms with Crippen molar-refractivity contribution in [1.29, 1.82) is 0 Å². The molecule has 1 aromatic rings. The summed E-state index contributed by atoms with van der Waals surface area (Å²) in [4.78, 5) is 12.5. The number of aromatic amines is 1. The molecular weight excluding hydrogens is 192 g/mol. The van der Waals surface area contributed by atoms with Gasteiger partial charge in [-0.2, -0.15) is 0 Å². The fourth-order valence-corrected chi connectivity index (χ4v) is 0.893. The summed E-state index contributed by atoms with van der Waals surface area (Å²) in [5.41, 5.74) is -1.47.